The van der Waals surface area contributed by atoms with Crippen LogP contribution >= 0.6 is 0 Å². The SMILES string of the molecule is COc1ccccc1C(=O)NCc1ccc(-c2nn([C@H]3C=C[C@H](O)C3)c3ncnc(N)c23)cc1. The van der Waals surface area contributed by atoms with Gasteiger partial charge in [0.1, 0.15) is 23.6 Å². The van der Waals surface area contributed by atoms with Gasteiger partial charge in [-0.1, -0.05) is 48.6 Å². The summed E-state index contributed by atoms with van der Waals surface area (Å²) in [6.07, 6.45) is 5.13. The number of rotatable bonds is 6. The van der Waals surface area contributed by atoms with Gasteiger partial charge >= 0.3 is 0 Å². The minimum atomic E-state index is -0.503. The molecule has 2 heterocycles. The second-order valence-electron chi connectivity index (χ2n) is 8.09. The monoisotopic (exact) mass is 456 g/mol. The summed E-state index contributed by atoms with van der Waals surface area (Å²) in [5.41, 5.74) is 9.76. The number of fused-ring (bicyclic) bond motifs is 1. The molecule has 9 nitrogen and oxygen atoms in total. The molecule has 1 amide bonds. The molecule has 2 atom stereocenters. The molecule has 0 radical (unpaired) electrons. The van der Waals surface area contributed by atoms with Crippen LogP contribution in [0.5, 0.6) is 5.75 Å². The number of carbonyl (C=O) groups is 1. The van der Waals surface area contributed by atoms with Crippen molar-refractivity contribution in [3.8, 4) is 17.0 Å². The van der Waals surface area contributed by atoms with E-state index in [1.165, 1.54) is 6.33 Å². The lowest BCUT2D eigenvalue weighted by Crippen LogP contribution is -2.23. The van der Waals surface area contributed by atoms with Crippen LogP contribution in [-0.2, 0) is 6.54 Å². The number of hydrogen-bond donors (Lipinski definition) is 3. The highest BCUT2D eigenvalue weighted by Crippen LogP contribution is 2.34. The molecule has 0 aliphatic heterocycles. The van der Waals surface area contributed by atoms with Crippen LogP contribution in [0, 0.1) is 0 Å². The van der Waals surface area contributed by atoms with Crippen molar-refractivity contribution in [2.75, 3.05) is 12.8 Å². The Hall–Kier alpha value is -4.24. The standard InChI is InChI=1S/C25H24N6O3/c1-34-20-5-3-2-4-19(20)25(33)27-13-15-6-8-16(9-7-15)22-21-23(26)28-14-29-24(21)31(30-22)17-10-11-18(32)12-17/h2-11,14,17-18,32H,12-13H2,1H3,(H,27,33)(H2,26,28,29)/t17-,18-/m0/s1. The zero-order valence-electron chi connectivity index (χ0n) is 18.5. The molecular formula is C25H24N6O3. The van der Waals surface area contributed by atoms with Crippen molar-refractivity contribution in [2.45, 2.75) is 25.1 Å². The molecule has 0 unspecified atom stereocenters. The maximum Gasteiger partial charge on any atom is 0.255 e. The third-order valence-electron chi connectivity index (χ3n) is 5.90. The third-order valence-corrected chi connectivity index (χ3v) is 5.90. The quantitative estimate of drug-likeness (QED) is 0.381. The molecule has 34 heavy (non-hydrogen) atoms. The summed E-state index contributed by atoms with van der Waals surface area (Å²) in [5, 5.41) is 18.3. The Balaban J connectivity index is 1.39. The van der Waals surface area contributed by atoms with Gasteiger partial charge in [-0.05, 0) is 17.7 Å². The molecule has 2 aromatic carbocycles. The number of carbonyl (C=O) groups excluding carboxylic acids is 1. The van der Waals surface area contributed by atoms with E-state index in [1.54, 1.807) is 36.1 Å². The van der Waals surface area contributed by atoms with Crippen LogP contribution < -0.4 is 15.8 Å². The van der Waals surface area contributed by atoms with Gasteiger partial charge in [0.15, 0.2) is 5.65 Å². The van der Waals surface area contributed by atoms with E-state index in [2.05, 4.69) is 15.3 Å². The van der Waals surface area contributed by atoms with Gasteiger partial charge in [-0.15, -0.1) is 0 Å². The lowest BCUT2D eigenvalue weighted by Gasteiger charge is -2.10. The number of nitrogen functional groups attached to an aromatic ring is 1. The Morgan fingerprint density at radius 1 is 1.18 bits per heavy atom. The van der Waals surface area contributed by atoms with Gasteiger partial charge in [-0.3, -0.25) is 4.79 Å². The molecule has 1 aliphatic carbocycles. The number of nitrogens with one attached hydrogen (secondary N) is 1. The lowest BCUT2D eigenvalue weighted by molar-refractivity contribution is 0.0948. The van der Waals surface area contributed by atoms with Gasteiger partial charge in [0.05, 0.1) is 30.2 Å². The van der Waals surface area contributed by atoms with E-state index in [1.807, 2.05) is 36.4 Å². The van der Waals surface area contributed by atoms with Crippen LogP contribution in [0.4, 0.5) is 5.82 Å². The van der Waals surface area contributed by atoms with Crippen molar-refractivity contribution < 1.29 is 14.6 Å². The van der Waals surface area contributed by atoms with Gasteiger partial charge in [0.2, 0.25) is 0 Å². The highest BCUT2D eigenvalue weighted by molar-refractivity contribution is 5.98. The number of allylic oxidation sites excluding steroid dienone is 1. The Labute approximate surface area is 195 Å². The van der Waals surface area contributed by atoms with E-state index >= 15 is 0 Å². The molecular weight excluding hydrogens is 432 g/mol. The molecule has 0 spiro atoms. The van der Waals surface area contributed by atoms with E-state index in [4.69, 9.17) is 15.6 Å². The fraction of sp³-hybridized carbons (Fsp3) is 0.200. The zero-order chi connectivity index (χ0) is 23.7. The van der Waals surface area contributed by atoms with Crippen molar-refractivity contribution >= 4 is 22.8 Å². The topological polar surface area (TPSA) is 128 Å². The molecule has 0 fully saturated rings. The van der Waals surface area contributed by atoms with Crippen molar-refractivity contribution in [1.82, 2.24) is 25.1 Å². The Kier molecular flexibility index (Phi) is 5.69. The van der Waals surface area contributed by atoms with Crippen LogP contribution in [0.1, 0.15) is 28.4 Å². The number of methoxy groups -OCH3 is 1. The number of amides is 1. The summed E-state index contributed by atoms with van der Waals surface area (Å²) in [5.74, 6) is 0.673. The Morgan fingerprint density at radius 3 is 2.71 bits per heavy atom. The van der Waals surface area contributed by atoms with Crippen molar-refractivity contribution in [3.05, 3.63) is 78.1 Å². The second kappa shape index (κ2) is 8.95. The van der Waals surface area contributed by atoms with Gasteiger partial charge in [-0.25, -0.2) is 14.6 Å². The van der Waals surface area contributed by atoms with Crippen molar-refractivity contribution in [3.63, 3.8) is 0 Å². The molecule has 4 aromatic rings. The van der Waals surface area contributed by atoms with Gasteiger partial charge in [0.25, 0.3) is 5.91 Å². The first-order valence-corrected chi connectivity index (χ1v) is 10.9. The van der Waals surface area contributed by atoms with Crippen LogP contribution in [0.25, 0.3) is 22.3 Å². The normalized spacial score (nSPS) is 17.2. The van der Waals surface area contributed by atoms with E-state index in [0.717, 1.165) is 11.1 Å². The number of anilines is 1. The molecule has 0 bridgehead atoms. The summed E-state index contributed by atoms with van der Waals surface area (Å²) in [6, 6.07) is 14.7. The fourth-order valence-corrected chi connectivity index (χ4v) is 4.16. The number of aliphatic hydroxyl groups excluding tert-OH is 1. The highest BCUT2D eigenvalue weighted by Gasteiger charge is 2.25. The van der Waals surface area contributed by atoms with Gasteiger partial charge in [-0.2, -0.15) is 5.10 Å². The molecule has 4 N–H and O–H groups in total. The van der Waals surface area contributed by atoms with E-state index in [0.29, 0.717) is 46.8 Å². The number of benzene rings is 2. The minimum absolute atomic E-state index is 0.106. The highest BCUT2D eigenvalue weighted by atomic mass is 16.5. The number of nitrogens with zero attached hydrogens (tertiary/aromatic N) is 4. The predicted octanol–water partition coefficient (Wildman–Crippen LogP) is 2.88. The minimum Gasteiger partial charge on any atom is -0.496 e. The number of hydrogen-bond acceptors (Lipinski definition) is 7. The molecule has 9 heteroatoms. The van der Waals surface area contributed by atoms with E-state index in [-0.39, 0.29) is 11.9 Å². The molecule has 0 saturated carbocycles. The summed E-state index contributed by atoms with van der Waals surface area (Å²) in [4.78, 5) is 21.1. The van der Waals surface area contributed by atoms with Crippen molar-refractivity contribution in [2.24, 2.45) is 0 Å². The molecule has 172 valence electrons. The first-order valence-electron chi connectivity index (χ1n) is 10.9. The predicted molar refractivity (Wildman–Crippen MR) is 128 cm³/mol. The summed E-state index contributed by atoms with van der Waals surface area (Å²) in [7, 11) is 1.54. The average molecular weight is 457 g/mol. The number of ether oxygens (including phenoxy) is 1. The van der Waals surface area contributed by atoms with Crippen molar-refractivity contribution in [1.29, 1.82) is 0 Å². The molecule has 2 aromatic heterocycles. The van der Waals surface area contributed by atoms with E-state index < -0.39 is 6.10 Å². The number of aliphatic hydroxyl groups is 1. The maximum absolute atomic E-state index is 12.6. The van der Waals surface area contributed by atoms with Crippen LogP contribution in [0.2, 0.25) is 0 Å². The number of para-hydroxylation sites is 1. The smallest absolute Gasteiger partial charge is 0.255 e. The van der Waals surface area contributed by atoms with E-state index in [9.17, 15) is 9.90 Å². The molecule has 0 saturated heterocycles. The van der Waals surface area contributed by atoms with Crippen LogP contribution in [0.3, 0.4) is 0 Å². The largest absolute Gasteiger partial charge is 0.496 e. The lowest BCUT2D eigenvalue weighted by atomic mass is 10.1. The zero-order valence-corrected chi connectivity index (χ0v) is 18.5. The summed E-state index contributed by atoms with van der Waals surface area (Å²) < 4.78 is 7.05. The first-order chi connectivity index (χ1) is 16.5. The maximum atomic E-state index is 12.6. The Bertz CT molecular complexity index is 1380. The number of nitrogens with two attached hydrogens (primary N) is 1. The van der Waals surface area contributed by atoms with Gasteiger partial charge in [0, 0.05) is 18.5 Å². The van der Waals surface area contributed by atoms with Crippen LogP contribution in [0.15, 0.2) is 67.0 Å². The summed E-state index contributed by atoms with van der Waals surface area (Å²) >= 11 is 0. The van der Waals surface area contributed by atoms with Gasteiger partial charge < -0.3 is 20.9 Å². The average Bonchev–Trinajstić information content (AvgIpc) is 3.47. The Morgan fingerprint density at radius 2 is 1.97 bits per heavy atom. The second-order valence-corrected chi connectivity index (χ2v) is 8.09. The fourth-order valence-electron chi connectivity index (χ4n) is 4.16. The molecule has 5 rings (SSSR count). The first kappa shape index (κ1) is 21.6. The third kappa shape index (κ3) is 3.97. The summed E-state index contributed by atoms with van der Waals surface area (Å²) in [6.45, 7) is 0.363. The number of aromatic nitrogens is 4. The van der Waals surface area contributed by atoms with Crippen LogP contribution in [-0.4, -0.2) is 44.0 Å². The molecule has 1 aliphatic rings.